The van der Waals surface area contributed by atoms with Crippen molar-refractivity contribution >= 4 is 10.9 Å². The number of para-hydroxylation sites is 1. The van der Waals surface area contributed by atoms with Crippen molar-refractivity contribution in [1.29, 1.82) is 0 Å². The van der Waals surface area contributed by atoms with Crippen LogP contribution in [-0.4, -0.2) is 29.2 Å². The highest BCUT2D eigenvalue weighted by molar-refractivity contribution is 5.86. The minimum Gasteiger partial charge on any atom is -0.358 e. The Hall–Kier alpha value is -1.32. The molecule has 2 aromatic rings. The standard InChI is InChI=1S/C19H24N2O/c1-2-22-17-12-13-6-5-10-20-11-9-15-14-7-3-4-8-16(14)21(17)19(15)18(13)20/h3-4,7-8,13,17-18H,2,5-6,9-12H2,1H3/t13-,17?,18+/m0/s1. The molecule has 0 spiro atoms. The Kier molecular flexibility index (Phi) is 2.89. The molecule has 0 amide bonds. The van der Waals surface area contributed by atoms with Crippen LogP contribution in [-0.2, 0) is 11.2 Å². The monoisotopic (exact) mass is 296 g/mol. The zero-order valence-corrected chi connectivity index (χ0v) is 13.3. The molecule has 0 aliphatic carbocycles. The quantitative estimate of drug-likeness (QED) is 0.836. The zero-order chi connectivity index (χ0) is 14.7. The summed E-state index contributed by atoms with van der Waals surface area (Å²) < 4.78 is 8.73. The Bertz CT molecular complexity index is 720. The van der Waals surface area contributed by atoms with E-state index in [-0.39, 0.29) is 6.23 Å². The van der Waals surface area contributed by atoms with Gasteiger partial charge in [-0.05, 0) is 56.7 Å². The van der Waals surface area contributed by atoms with Crippen LogP contribution in [0, 0.1) is 5.92 Å². The molecular weight excluding hydrogens is 272 g/mol. The second-order valence-corrected chi connectivity index (χ2v) is 7.03. The maximum Gasteiger partial charge on any atom is 0.134 e. The van der Waals surface area contributed by atoms with Gasteiger partial charge in [-0.3, -0.25) is 4.90 Å². The predicted molar refractivity (Wildman–Crippen MR) is 88.0 cm³/mol. The van der Waals surface area contributed by atoms with Crippen molar-refractivity contribution < 1.29 is 4.74 Å². The molecule has 3 aliphatic rings. The molecule has 5 rings (SSSR count). The lowest BCUT2D eigenvalue weighted by Gasteiger charge is -2.49. The number of piperidine rings is 1. The molecule has 1 aromatic carbocycles. The summed E-state index contributed by atoms with van der Waals surface area (Å²) in [6.45, 7) is 5.44. The van der Waals surface area contributed by atoms with Gasteiger partial charge in [0, 0.05) is 24.2 Å². The molecule has 0 radical (unpaired) electrons. The van der Waals surface area contributed by atoms with Crippen LogP contribution in [0.1, 0.15) is 49.7 Å². The Morgan fingerprint density at radius 1 is 1.23 bits per heavy atom. The molecule has 0 saturated carbocycles. The van der Waals surface area contributed by atoms with E-state index in [4.69, 9.17) is 4.74 Å². The smallest absolute Gasteiger partial charge is 0.134 e. The lowest BCUT2D eigenvalue weighted by atomic mass is 9.78. The van der Waals surface area contributed by atoms with Gasteiger partial charge in [0.15, 0.2) is 0 Å². The molecular formula is C19H24N2O. The van der Waals surface area contributed by atoms with Crippen molar-refractivity contribution in [3.63, 3.8) is 0 Å². The summed E-state index contributed by atoms with van der Waals surface area (Å²) in [6.07, 6.45) is 5.34. The summed E-state index contributed by atoms with van der Waals surface area (Å²) in [4.78, 5) is 2.74. The summed E-state index contributed by atoms with van der Waals surface area (Å²) in [5.41, 5.74) is 4.58. The average molecular weight is 296 g/mol. The van der Waals surface area contributed by atoms with Crippen molar-refractivity contribution in [2.45, 2.75) is 44.9 Å². The van der Waals surface area contributed by atoms with Gasteiger partial charge in [0.2, 0.25) is 0 Å². The molecule has 3 nitrogen and oxygen atoms in total. The number of hydrogen-bond donors (Lipinski definition) is 0. The van der Waals surface area contributed by atoms with Gasteiger partial charge >= 0.3 is 0 Å². The van der Waals surface area contributed by atoms with Gasteiger partial charge < -0.3 is 9.30 Å². The molecule has 0 N–H and O–H groups in total. The highest BCUT2D eigenvalue weighted by Gasteiger charge is 2.45. The van der Waals surface area contributed by atoms with Gasteiger partial charge in [0.05, 0.1) is 11.6 Å². The van der Waals surface area contributed by atoms with Crippen LogP contribution in [0.3, 0.4) is 0 Å². The van der Waals surface area contributed by atoms with Crippen LogP contribution in [0.2, 0.25) is 0 Å². The third kappa shape index (κ3) is 1.64. The molecule has 1 fully saturated rings. The molecule has 1 saturated heterocycles. The Morgan fingerprint density at radius 3 is 3.05 bits per heavy atom. The molecule has 0 bridgehead atoms. The Balaban J connectivity index is 1.79. The number of aromatic nitrogens is 1. The van der Waals surface area contributed by atoms with Gasteiger partial charge in [0.1, 0.15) is 6.23 Å². The molecule has 4 heterocycles. The summed E-state index contributed by atoms with van der Waals surface area (Å²) in [5, 5.41) is 1.47. The molecule has 116 valence electrons. The van der Waals surface area contributed by atoms with Gasteiger partial charge in [-0.15, -0.1) is 0 Å². The normalized spacial score (nSPS) is 30.5. The summed E-state index contributed by atoms with van der Waals surface area (Å²) in [6, 6.07) is 9.59. The number of ether oxygens (including phenoxy) is 1. The second kappa shape index (κ2) is 4.84. The van der Waals surface area contributed by atoms with Crippen LogP contribution in [0.4, 0.5) is 0 Å². The van der Waals surface area contributed by atoms with Gasteiger partial charge in [-0.2, -0.15) is 0 Å². The fourth-order valence-electron chi connectivity index (χ4n) is 5.25. The second-order valence-electron chi connectivity index (χ2n) is 7.03. The number of hydrogen-bond acceptors (Lipinski definition) is 2. The number of benzene rings is 1. The van der Waals surface area contributed by atoms with E-state index in [1.165, 1.54) is 49.7 Å². The largest absolute Gasteiger partial charge is 0.358 e. The molecule has 1 unspecified atom stereocenters. The molecule has 1 aromatic heterocycles. The first-order chi connectivity index (χ1) is 10.9. The van der Waals surface area contributed by atoms with E-state index >= 15 is 0 Å². The molecule has 3 aliphatic heterocycles. The molecule has 3 heteroatoms. The van der Waals surface area contributed by atoms with E-state index in [9.17, 15) is 0 Å². The van der Waals surface area contributed by atoms with Crippen LogP contribution in [0.25, 0.3) is 10.9 Å². The first kappa shape index (κ1) is 13.1. The van der Waals surface area contributed by atoms with Crippen LogP contribution >= 0.6 is 0 Å². The van der Waals surface area contributed by atoms with Gasteiger partial charge in [-0.1, -0.05) is 18.2 Å². The molecule has 22 heavy (non-hydrogen) atoms. The lowest BCUT2D eigenvalue weighted by molar-refractivity contribution is -0.0550. The van der Waals surface area contributed by atoms with Crippen LogP contribution < -0.4 is 0 Å². The Morgan fingerprint density at radius 2 is 2.14 bits per heavy atom. The number of fused-ring (bicyclic) bond motifs is 3. The fraction of sp³-hybridized carbons (Fsp3) is 0.579. The SMILES string of the molecule is CCOC1C[C@@H]2CCCN3CCc4c(n1c1ccccc41)[C@@H]23. The van der Waals surface area contributed by atoms with E-state index in [0.717, 1.165) is 12.5 Å². The van der Waals surface area contributed by atoms with Crippen molar-refractivity contribution in [1.82, 2.24) is 9.47 Å². The van der Waals surface area contributed by atoms with Crippen molar-refractivity contribution in [2.75, 3.05) is 19.7 Å². The minimum atomic E-state index is 0.234. The minimum absolute atomic E-state index is 0.234. The number of rotatable bonds is 2. The average Bonchev–Trinajstić information content (AvgIpc) is 2.90. The van der Waals surface area contributed by atoms with Crippen molar-refractivity contribution in [2.24, 2.45) is 5.92 Å². The van der Waals surface area contributed by atoms with E-state index in [2.05, 4.69) is 40.7 Å². The highest BCUT2D eigenvalue weighted by Crippen LogP contribution is 2.51. The zero-order valence-electron chi connectivity index (χ0n) is 13.3. The lowest BCUT2D eigenvalue weighted by Crippen LogP contribution is -2.47. The van der Waals surface area contributed by atoms with Gasteiger partial charge in [0.25, 0.3) is 0 Å². The fourth-order valence-corrected chi connectivity index (χ4v) is 5.25. The van der Waals surface area contributed by atoms with Crippen molar-refractivity contribution in [3.05, 3.63) is 35.5 Å². The van der Waals surface area contributed by atoms with Crippen molar-refractivity contribution in [3.8, 4) is 0 Å². The first-order valence-corrected chi connectivity index (χ1v) is 8.86. The first-order valence-electron chi connectivity index (χ1n) is 8.86. The maximum atomic E-state index is 6.18. The van der Waals surface area contributed by atoms with Crippen LogP contribution in [0.15, 0.2) is 24.3 Å². The summed E-state index contributed by atoms with van der Waals surface area (Å²) >= 11 is 0. The predicted octanol–water partition coefficient (Wildman–Crippen LogP) is 3.89. The summed E-state index contributed by atoms with van der Waals surface area (Å²) in [7, 11) is 0. The van der Waals surface area contributed by atoms with E-state index in [1.54, 1.807) is 11.3 Å². The van der Waals surface area contributed by atoms with E-state index < -0.39 is 0 Å². The van der Waals surface area contributed by atoms with E-state index in [0.29, 0.717) is 6.04 Å². The third-order valence-electron chi connectivity index (χ3n) is 6.00. The third-order valence-corrected chi connectivity index (χ3v) is 6.00. The highest BCUT2D eigenvalue weighted by atomic mass is 16.5. The van der Waals surface area contributed by atoms with Crippen LogP contribution in [0.5, 0.6) is 0 Å². The maximum absolute atomic E-state index is 6.18. The Labute approximate surface area is 131 Å². The number of nitrogens with zero attached hydrogens (tertiary/aromatic N) is 2. The van der Waals surface area contributed by atoms with E-state index in [1.807, 2.05) is 0 Å². The topological polar surface area (TPSA) is 17.4 Å². The van der Waals surface area contributed by atoms with Gasteiger partial charge in [-0.25, -0.2) is 0 Å². The summed E-state index contributed by atoms with van der Waals surface area (Å²) in [5.74, 6) is 0.779. The molecule has 3 atom stereocenters.